The fraction of sp³-hybridized carbons (Fsp3) is 0.914. The van der Waals surface area contributed by atoms with Gasteiger partial charge < -0.3 is 19.4 Å². The molecule has 0 bridgehead atoms. The Labute approximate surface area is 273 Å². The molecule has 4 aliphatic rings. The number of carbonyl (C=O) groups excluding carboxylic acids is 1. The Bertz CT molecular complexity index is 1010. The van der Waals surface area contributed by atoms with Crippen molar-refractivity contribution in [3.63, 3.8) is 0 Å². The van der Waals surface area contributed by atoms with Crippen LogP contribution in [0.2, 0.25) is 0 Å². The first-order valence-corrected chi connectivity index (χ1v) is 18.6. The zero-order valence-electron chi connectivity index (χ0n) is 29.4. The maximum Gasteiger partial charge on any atom is 0.728 e. The zero-order chi connectivity index (χ0) is 32.1. The van der Waals surface area contributed by atoms with Crippen LogP contribution in [0.5, 0.6) is 0 Å². The highest BCUT2D eigenvalue weighted by Gasteiger charge is 2.59. The van der Waals surface area contributed by atoms with E-state index in [0.29, 0.717) is 23.0 Å². The quantitative estimate of drug-likeness (QED) is 0.0327. The van der Waals surface area contributed by atoms with Crippen molar-refractivity contribution in [1.82, 2.24) is 0 Å². The van der Waals surface area contributed by atoms with Gasteiger partial charge in [0, 0.05) is 11.0 Å². The number of allylic oxidation sites excluding steroid dienone is 1. The Morgan fingerprint density at radius 3 is 2.47 bits per heavy atom. The molecule has 9 atom stereocenters. The monoisotopic (exact) mass is 656 g/mol. The van der Waals surface area contributed by atoms with Gasteiger partial charge in [0.15, 0.2) is 6.61 Å². The summed E-state index contributed by atoms with van der Waals surface area (Å²) in [7, 11) is 3.68. The Hall–Kier alpha value is -1.09. The van der Waals surface area contributed by atoms with Gasteiger partial charge in [-0.1, -0.05) is 65.5 Å². The third-order valence-corrected chi connectivity index (χ3v) is 12.6. The predicted octanol–water partition coefficient (Wildman–Crippen LogP) is 8.70. The molecule has 4 aliphatic carbocycles. The van der Waals surface area contributed by atoms with E-state index < -0.39 is 14.4 Å². The highest BCUT2D eigenvalue weighted by molar-refractivity contribution is 7.33. The van der Waals surface area contributed by atoms with Gasteiger partial charge >= 0.3 is 14.4 Å². The molecule has 0 aromatic carbocycles. The third kappa shape index (κ3) is 9.73. The molecule has 9 nitrogen and oxygen atoms in total. The summed E-state index contributed by atoms with van der Waals surface area (Å²) in [4.78, 5) is 17.3. The molecule has 10 heteroatoms. The fourth-order valence-corrected chi connectivity index (χ4v) is 10.0. The van der Waals surface area contributed by atoms with Crippen LogP contribution >= 0.6 is 8.25 Å². The van der Waals surface area contributed by atoms with Crippen molar-refractivity contribution >= 4 is 14.4 Å². The van der Waals surface area contributed by atoms with E-state index in [0.717, 1.165) is 54.8 Å². The van der Waals surface area contributed by atoms with Crippen LogP contribution in [0, 0.1) is 46.3 Å². The van der Waals surface area contributed by atoms with Gasteiger partial charge in [-0.25, -0.2) is 4.79 Å². The standard InChI is InChI=1S/C35H62NO7P.H2O/c1-25(2)10-9-11-26(3)30-14-15-31-29-13-12-27-24-28(16-18-34(27,4)32(29)17-19-35(30,31)5)42-33(37)39-22-23-40-43-44(38)41-21-20-36(6,7)8;/h12,25-26,28-32H,9-11,13-24H2,1-8H3;1H2/q+2;/p-1/t26-,28+,29?,30-,31?,32?,34+,35-;/m1./s1. The van der Waals surface area contributed by atoms with E-state index in [2.05, 4.69) is 40.7 Å². The Kier molecular flexibility index (Phi) is 13.9. The molecule has 0 saturated heterocycles. The van der Waals surface area contributed by atoms with Gasteiger partial charge in [0.1, 0.15) is 25.9 Å². The molecule has 0 aromatic heterocycles. The van der Waals surface area contributed by atoms with Gasteiger partial charge in [-0.3, -0.25) is 0 Å². The first-order valence-electron chi connectivity index (χ1n) is 17.5. The third-order valence-electron chi connectivity index (χ3n) is 12.0. The lowest BCUT2D eigenvalue weighted by Crippen LogP contribution is -2.51. The average molecular weight is 657 g/mol. The van der Waals surface area contributed by atoms with Crippen molar-refractivity contribution in [2.75, 3.05) is 47.5 Å². The maximum absolute atomic E-state index is 12.4. The lowest BCUT2D eigenvalue weighted by molar-refractivity contribution is -0.870. The van der Waals surface area contributed by atoms with Crippen molar-refractivity contribution in [3.05, 3.63) is 11.6 Å². The number of hydrogen-bond acceptors (Lipinski definition) is 8. The summed E-state index contributed by atoms with van der Waals surface area (Å²) in [6.45, 7) is 13.3. The number of ether oxygens (including phenoxy) is 2. The molecular weight excluding hydrogens is 593 g/mol. The molecule has 45 heavy (non-hydrogen) atoms. The minimum atomic E-state index is -2.37. The van der Waals surface area contributed by atoms with Gasteiger partial charge in [0.25, 0.3) is 0 Å². The van der Waals surface area contributed by atoms with Crippen molar-refractivity contribution in [1.29, 1.82) is 0 Å². The van der Waals surface area contributed by atoms with E-state index in [1.165, 1.54) is 56.9 Å². The van der Waals surface area contributed by atoms with E-state index in [9.17, 15) is 9.36 Å². The van der Waals surface area contributed by atoms with E-state index in [4.69, 9.17) is 23.6 Å². The van der Waals surface area contributed by atoms with Crippen LogP contribution in [0.25, 0.3) is 0 Å². The van der Waals surface area contributed by atoms with Crippen molar-refractivity contribution in [2.45, 2.75) is 111 Å². The maximum atomic E-state index is 12.4. The minimum Gasteiger partial charge on any atom is -0.870 e. The largest absolute Gasteiger partial charge is 0.870 e. The number of carbonyl (C=O) groups is 1. The van der Waals surface area contributed by atoms with Crippen molar-refractivity contribution in [2.24, 2.45) is 46.3 Å². The van der Waals surface area contributed by atoms with Gasteiger partial charge in [-0.2, -0.15) is 4.89 Å². The van der Waals surface area contributed by atoms with Gasteiger partial charge in [0.2, 0.25) is 0 Å². The fourth-order valence-electron chi connectivity index (χ4n) is 9.57. The highest BCUT2D eigenvalue weighted by atomic mass is 31.1. The normalized spacial score (nSPS) is 33.7. The van der Waals surface area contributed by atoms with Gasteiger partial charge in [-0.15, -0.1) is 4.52 Å². The summed E-state index contributed by atoms with van der Waals surface area (Å²) >= 11 is 0. The summed E-state index contributed by atoms with van der Waals surface area (Å²) in [6.07, 6.45) is 15.3. The first kappa shape index (κ1) is 38.4. The average Bonchev–Trinajstić information content (AvgIpc) is 3.29. The molecule has 0 spiro atoms. The summed E-state index contributed by atoms with van der Waals surface area (Å²) in [6, 6.07) is 0. The molecule has 1 N–H and O–H groups in total. The van der Waals surface area contributed by atoms with Crippen LogP contribution in [0.15, 0.2) is 11.6 Å². The molecule has 0 aliphatic heterocycles. The number of rotatable bonds is 15. The molecule has 4 unspecified atom stereocenters. The van der Waals surface area contributed by atoms with E-state index in [-0.39, 0.29) is 30.2 Å². The number of nitrogens with zero attached hydrogens (tertiary/aromatic N) is 1. The van der Waals surface area contributed by atoms with E-state index in [1.807, 2.05) is 21.1 Å². The van der Waals surface area contributed by atoms with Gasteiger partial charge in [-0.05, 0) is 91.3 Å². The Balaban J connectivity index is 0.00000552. The second-order valence-electron chi connectivity index (χ2n) is 16.3. The Morgan fingerprint density at radius 2 is 1.76 bits per heavy atom. The van der Waals surface area contributed by atoms with Crippen LogP contribution in [0.1, 0.15) is 105 Å². The second-order valence-corrected chi connectivity index (χ2v) is 17.2. The van der Waals surface area contributed by atoms with Crippen LogP contribution in [0.3, 0.4) is 0 Å². The molecule has 260 valence electrons. The topological polar surface area (TPSA) is 110 Å². The highest BCUT2D eigenvalue weighted by Crippen LogP contribution is 2.67. The van der Waals surface area contributed by atoms with Crippen LogP contribution in [0.4, 0.5) is 4.79 Å². The molecule has 3 fully saturated rings. The molecule has 0 amide bonds. The molecular formula is C35H63NO8P+. The van der Waals surface area contributed by atoms with Crippen LogP contribution < -0.4 is 0 Å². The van der Waals surface area contributed by atoms with Crippen LogP contribution in [-0.2, 0) is 28.1 Å². The number of hydrogen-bond donors (Lipinski definition) is 0. The summed E-state index contributed by atoms with van der Waals surface area (Å²) < 4.78 is 33.1. The lowest BCUT2D eigenvalue weighted by Gasteiger charge is -2.58. The summed E-state index contributed by atoms with van der Waals surface area (Å²) in [5.41, 5.74) is 2.20. The predicted molar refractivity (Wildman–Crippen MR) is 175 cm³/mol. The minimum absolute atomic E-state index is 0. The molecule has 3 saturated carbocycles. The van der Waals surface area contributed by atoms with Crippen molar-refractivity contribution < 1.29 is 42.9 Å². The molecule has 0 aromatic rings. The molecule has 0 heterocycles. The summed E-state index contributed by atoms with van der Waals surface area (Å²) in [5.74, 6) is 4.89. The Morgan fingerprint density at radius 1 is 1.00 bits per heavy atom. The number of quaternary nitrogens is 1. The number of fused-ring (bicyclic) bond motifs is 5. The van der Waals surface area contributed by atoms with Crippen molar-refractivity contribution in [3.8, 4) is 0 Å². The summed E-state index contributed by atoms with van der Waals surface area (Å²) in [5, 5.41) is 0. The SMILES string of the molecule is CC(C)CCC[C@@H](C)[C@H]1CCC2C3CC=C4C[C@@H](OC(=O)OCCOO[P+](=O)OCC[N+](C)(C)C)CC[C@]4(C)C3CC[C@@]21C.[OH-]. The lowest BCUT2D eigenvalue weighted by atomic mass is 9.47. The zero-order valence-corrected chi connectivity index (χ0v) is 30.3. The smallest absolute Gasteiger partial charge is 0.728 e. The first-order chi connectivity index (χ1) is 20.7. The van der Waals surface area contributed by atoms with Crippen LogP contribution in [-0.4, -0.2) is 69.7 Å². The second kappa shape index (κ2) is 16.3. The molecule has 0 radical (unpaired) electrons. The van der Waals surface area contributed by atoms with E-state index >= 15 is 0 Å². The molecule has 4 rings (SSSR count). The van der Waals surface area contributed by atoms with Gasteiger partial charge in [0.05, 0.1) is 25.8 Å². The van der Waals surface area contributed by atoms with E-state index in [1.54, 1.807) is 0 Å². The number of likely N-dealkylation sites (N-methyl/N-ethyl adjacent to an activating group) is 1.